The van der Waals surface area contributed by atoms with E-state index in [1.165, 1.54) is 25.2 Å². The first kappa shape index (κ1) is 15.1. The highest BCUT2D eigenvalue weighted by Crippen LogP contribution is 2.33. The number of aliphatic hydroxyl groups excluding tert-OH is 1. The molecule has 1 atom stereocenters. The number of likely N-dealkylation sites (N-methyl/N-ethyl adjacent to an activating group) is 1. The minimum absolute atomic E-state index is 0.0763. The molecule has 19 heavy (non-hydrogen) atoms. The summed E-state index contributed by atoms with van der Waals surface area (Å²) in [6.45, 7) is 0.0905. The number of benzene rings is 1. The standard InChI is InChI=1S/C12H15Cl2NO3S/c1-15(7-12(16)8-2-3-8)19(17,18)9-4-5-10(13)11(14)6-9/h4-6,8,12,16H,2-3,7H2,1H3. The van der Waals surface area contributed by atoms with E-state index in [0.29, 0.717) is 5.02 Å². The van der Waals surface area contributed by atoms with Gasteiger partial charge in [-0.1, -0.05) is 23.2 Å². The quantitative estimate of drug-likeness (QED) is 0.905. The van der Waals surface area contributed by atoms with Gasteiger partial charge in [0.15, 0.2) is 0 Å². The van der Waals surface area contributed by atoms with E-state index < -0.39 is 16.1 Å². The summed E-state index contributed by atoms with van der Waals surface area (Å²) < 4.78 is 25.7. The molecule has 0 heterocycles. The van der Waals surface area contributed by atoms with Gasteiger partial charge in [0.25, 0.3) is 0 Å². The predicted octanol–water partition coefficient (Wildman–Crippen LogP) is 2.38. The second-order valence-corrected chi connectivity index (χ2v) is 7.63. The smallest absolute Gasteiger partial charge is 0.242 e. The van der Waals surface area contributed by atoms with E-state index in [2.05, 4.69) is 0 Å². The molecule has 1 aromatic carbocycles. The summed E-state index contributed by atoms with van der Waals surface area (Å²) in [5.74, 6) is 0.228. The summed E-state index contributed by atoms with van der Waals surface area (Å²) in [5, 5.41) is 10.3. The van der Waals surface area contributed by atoms with E-state index >= 15 is 0 Å². The lowest BCUT2D eigenvalue weighted by molar-refractivity contribution is 0.131. The van der Waals surface area contributed by atoms with E-state index in [1.807, 2.05) is 0 Å². The number of nitrogens with zero attached hydrogens (tertiary/aromatic N) is 1. The molecule has 0 saturated heterocycles. The van der Waals surface area contributed by atoms with Crippen molar-refractivity contribution in [3.63, 3.8) is 0 Å². The molecule has 1 saturated carbocycles. The minimum atomic E-state index is -3.65. The summed E-state index contributed by atoms with van der Waals surface area (Å²) in [6.07, 6.45) is 1.31. The van der Waals surface area contributed by atoms with Crippen molar-refractivity contribution < 1.29 is 13.5 Å². The third-order valence-corrected chi connectivity index (χ3v) is 5.77. The Balaban J connectivity index is 2.17. The summed E-state index contributed by atoms with van der Waals surface area (Å²) >= 11 is 11.6. The summed E-state index contributed by atoms with van der Waals surface area (Å²) in [5.41, 5.74) is 0. The Kier molecular flexibility index (Phi) is 4.42. The topological polar surface area (TPSA) is 57.6 Å². The third kappa shape index (κ3) is 3.41. The SMILES string of the molecule is CN(CC(O)C1CC1)S(=O)(=O)c1ccc(Cl)c(Cl)c1. The maximum Gasteiger partial charge on any atom is 0.242 e. The number of hydrogen-bond donors (Lipinski definition) is 1. The lowest BCUT2D eigenvalue weighted by Gasteiger charge is -2.20. The molecule has 0 bridgehead atoms. The highest BCUT2D eigenvalue weighted by molar-refractivity contribution is 7.89. The van der Waals surface area contributed by atoms with Crippen molar-refractivity contribution in [1.29, 1.82) is 0 Å². The van der Waals surface area contributed by atoms with Crippen molar-refractivity contribution in [3.8, 4) is 0 Å². The lowest BCUT2D eigenvalue weighted by Crippen LogP contribution is -2.35. The maximum absolute atomic E-state index is 12.3. The molecule has 1 aliphatic carbocycles. The monoisotopic (exact) mass is 323 g/mol. The molecule has 0 spiro atoms. The molecular weight excluding hydrogens is 309 g/mol. The van der Waals surface area contributed by atoms with Crippen LogP contribution in [-0.4, -0.2) is 37.5 Å². The van der Waals surface area contributed by atoms with E-state index in [-0.39, 0.29) is 22.4 Å². The van der Waals surface area contributed by atoms with Crippen LogP contribution < -0.4 is 0 Å². The van der Waals surface area contributed by atoms with Crippen LogP contribution in [0, 0.1) is 5.92 Å². The van der Waals surface area contributed by atoms with Crippen molar-refractivity contribution in [2.75, 3.05) is 13.6 Å². The molecule has 0 aromatic heterocycles. The summed E-state index contributed by atoms with van der Waals surface area (Å²) in [6, 6.07) is 4.17. The Hall–Kier alpha value is -0.330. The van der Waals surface area contributed by atoms with Gasteiger partial charge >= 0.3 is 0 Å². The fraction of sp³-hybridized carbons (Fsp3) is 0.500. The Bertz CT molecular complexity index is 572. The molecule has 4 nitrogen and oxygen atoms in total. The average Bonchev–Trinajstić information content (AvgIpc) is 3.16. The van der Waals surface area contributed by atoms with Crippen LogP contribution in [0.4, 0.5) is 0 Å². The van der Waals surface area contributed by atoms with Crippen molar-refractivity contribution in [2.45, 2.75) is 23.8 Å². The fourth-order valence-electron chi connectivity index (χ4n) is 1.81. The molecule has 106 valence electrons. The number of halogens is 2. The Morgan fingerprint density at radius 3 is 2.53 bits per heavy atom. The second-order valence-electron chi connectivity index (χ2n) is 4.77. The van der Waals surface area contributed by atoms with Crippen LogP contribution in [0.2, 0.25) is 10.0 Å². The zero-order chi connectivity index (χ0) is 14.2. The summed E-state index contributed by atoms with van der Waals surface area (Å²) in [7, 11) is -2.20. The fourth-order valence-corrected chi connectivity index (χ4v) is 3.39. The van der Waals surface area contributed by atoms with Gasteiger partial charge in [-0.2, -0.15) is 4.31 Å². The molecule has 0 aliphatic heterocycles. The molecule has 0 radical (unpaired) electrons. The lowest BCUT2D eigenvalue weighted by atomic mass is 10.2. The van der Waals surface area contributed by atoms with Crippen molar-refractivity contribution >= 4 is 33.2 Å². The van der Waals surface area contributed by atoms with E-state index in [4.69, 9.17) is 23.2 Å². The van der Waals surface area contributed by atoms with Crippen molar-refractivity contribution in [1.82, 2.24) is 4.31 Å². The molecule has 1 aromatic rings. The minimum Gasteiger partial charge on any atom is -0.391 e. The molecule has 7 heteroatoms. The average molecular weight is 324 g/mol. The Morgan fingerprint density at radius 2 is 2.00 bits per heavy atom. The van der Waals surface area contributed by atoms with Gasteiger partial charge in [-0.25, -0.2) is 8.42 Å². The third-order valence-electron chi connectivity index (χ3n) is 3.21. The number of sulfonamides is 1. The van der Waals surface area contributed by atoms with Crippen LogP contribution >= 0.6 is 23.2 Å². The predicted molar refractivity (Wildman–Crippen MR) is 75.0 cm³/mol. The first-order valence-corrected chi connectivity index (χ1v) is 8.11. The van der Waals surface area contributed by atoms with E-state index in [0.717, 1.165) is 17.1 Å². The van der Waals surface area contributed by atoms with E-state index in [1.54, 1.807) is 0 Å². The zero-order valence-electron chi connectivity index (χ0n) is 10.4. The van der Waals surface area contributed by atoms with Gasteiger partial charge in [0.2, 0.25) is 10.0 Å². The first-order valence-electron chi connectivity index (χ1n) is 5.92. The number of rotatable bonds is 5. The largest absolute Gasteiger partial charge is 0.391 e. The zero-order valence-corrected chi connectivity index (χ0v) is 12.7. The van der Waals surface area contributed by atoms with Gasteiger partial charge in [0, 0.05) is 13.6 Å². The van der Waals surface area contributed by atoms with Gasteiger partial charge in [-0.3, -0.25) is 0 Å². The second kappa shape index (κ2) is 5.58. The van der Waals surface area contributed by atoms with Crippen molar-refractivity contribution in [3.05, 3.63) is 28.2 Å². The molecule has 2 rings (SSSR count). The van der Waals surface area contributed by atoms with E-state index in [9.17, 15) is 13.5 Å². The van der Waals surface area contributed by atoms with Gasteiger partial charge < -0.3 is 5.11 Å². The van der Waals surface area contributed by atoms with Gasteiger partial charge in [-0.05, 0) is 37.0 Å². The van der Waals surface area contributed by atoms with Gasteiger partial charge in [0.1, 0.15) is 0 Å². The molecular formula is C12H15Cl2NO3S. The first-order chi connectivity index (χ1) is 8.82. The molecule has 1 fully saturated rings. The van der Waals surface area contributed by atoms with Crippen LogP contribution in [0.15, 0.2) is 23.1 Å². The van der Waals surface area contributed by atoms with Crippen molar-refractivity contribution in [2.24, 2.45) is 5.92 Å². The van der Waals surface area contributed by atoms with Crippen LogP contribution in [0.5, 0.6) is 0 Å². The Labute approximate surface area is 123 Å². The van der Waals surface area contributed by atoms with Crippen LogP contribution in [0.1, 0.15) is 12.8 Å². The maximum atomic E-state index is 12.3. The van der Waals surface area contributed by atoms with Crippen LogP contribution in [0.25, 0.3) is 0 Å². The van der Waals surface area contributed by atoms with Gasteiger partial charge in [-0.15, -0.1) is 0 Å². The van der Waals surface area contributed by atoms with Crippen LogP contribution in [-0.2, 0) is 10.0 Å². The molecule has 0 amide bonds. The normalized spacial score (nSPS) is 17.7. The van der Waals surface area contributed by atoms with Gasteiger partial charge in [0.05, 0.1) is 21.0 Å². The highest BCUT2D eigenvalue weighted by Gasteiger charge is 2.33. The highest BCUT2D eigenvalue weighted by atomic mass is 35.5. The Morgan fingerprint density at radius 1 is 1.37 bits per heavy atom. The molecule has 1 N–H and O–H groups in total. The number of aliphatic hydroxyl groups is 1. The number of hydrogen-bond acceptors (Lipinski definition) is 3. The molecule has 1 unspecified atom stereocenters. The van der Waals surface area contributed by atoms with Crippen LogP contribution in [0.3, 0.4) is 0 Å². The molecule has 1 aliphatic rings. The summed E-state index contributed by atoms with van der Waals surface area (Å²) in [4.78, 5) is 0.0763.